The second-order valence-electron chi connectivity index (χ2n) is 9.56. The van der Waals surface area contributed by atoms with E-state index in [1.54, 1.807) is 18.2 Å². The number of hydrogen-bond donors (Lipinski definition) is 2. The lowest BCUT2D eigenvalue weighted by molar-refractivity contribution is -0.143. The first kappa shape index (κ1) is 32.6. The molecule has 2 N–H and O–H groups in total. The molecule has 0 atom stereocenters. The van der Waals surface area contributed by atoms with Crippen molar-refractivity contribution in [1.82, 2.24) is 9.88 Å². The Bertz CT molecular complexity index is 1850. The van der Waals surface area contributed by atoms with Gasteiger partial charge in [-0.15, -0.1) is 11.3 Å². The standard InChI is InChI=1S/C28H17F6N3O4S4/c29-27(30,31)16-7-14(8-17(10-16)28(32,33)34)15-9-18(43-12-15)11-21-24(41)37(26(42)45-21)4-3-22(38)36-25-35-19-5-13(6-23(39)40)1-2-20(19)44-25/h1-2,5,7-12H,3-4,6H2,(H,39,40)(H,35,36,38)/b21-11-. The zero-order chi connectivity index (χ0) is 32.7. The third-order valence-electron chi connectivity index (χ3n) is 6.30. The summed E-state index contributed by atoms with van der Waals surface area (Å²) < 4.78 is 80.6. The third-order valence-corrected chi connectivity index (χ3v) is 9.51. The molecule has 3 heterocycles. The molecule has 1 saturated heterocycles. The molecule has 45 heavy (non-hydrogen) atoms. The van der Waals surface area contributed by atoms with Crippen molar-refractivity contribution in [2.45, 2.75) is 25.2 Å². The number of carboxylic acid groups (broad SMARTS) is 1. The lowest BCUT2D eigenvalue weighted by Crippen LogP contribution is -2.31. The van der Waals surface area contributed by atoms with Crippen molar-refractivity contribution in [3.63, 3.8) is 0 Å². The van der Waals surface area contributed by atoms with Gasteiger partial charge in [0.15, 0.2) is 5.13 Å². The number of nitrogens with zero attached hydrogens (tertiary/aromatic N) is 2. The molecule has 7 nitrogen and oxygen atoms in total. The number of rotatable bonds is 8. The predicted molar refractivity (Wildman–Crippen MR) is 164 cm³/mol. The highest BCUT2D eigenvalue weighted by molar-refractivity contribution is 8.26. The molecule has 5 rings (SSSR count). The van der Waals surface area contributed by atoms with Crippen LogP contribution >= 0.6 is 46.7 Å². The zero-order valence-electron chi connectivity index (χ0n) is 22.3. The number of halogens is 6. The minimum Gasteiger partial charge on any atom is -0.481 e. The fourth-order valence-electron chi connectivity index (χ4n) is 4.23. The molecule has 0 aliphatic carbocycles. The number of nitrogens with one attached hydrogen (secondary N) is 1. The first-order valence-corrected chi connectivity index (χ1v) is 15.5. The number of aromatic nitrogens is 1. The molecule has 1 aliphatic heterocycles. The average Bonchev–Trinajstić information content (AvgIpc) is 3.63. The van der Waals surface area contributed by atoms with Crippen LogP contribution in [0.5, 0.6) is 0 Å². The van der Waals surface area contributed by atoms with E-state index in [-0.39, 0.29) is 45.8 Å². The van der Waals surface area contributed by atoms with Crippen LogP contribution in [0.2, 0.25) is 0 Å². The summed E-state index contributed by atoms with van der Waals surface area (Å²) >= 11 is 8.46. The van der Waals surface area contributed by atoms with Crippen LogP contribution in [0.15, 0.2) is 52.7 Å². The van der Waals surface area contributed by atoms with Crippen molar-refractivity contribution in [2.24, 2.45) is 0 Å². The van der Waals surface area contributed by atoms with Crippen molar-refractivity contribution in [3.8, 4) is 11.1 Å². The Hall–Kier alpha value is -3.80. The number of thiocarbonyl (C=S) groups is 1. The second-order valence-corrected chi connectivity index (χ2v) is 13.2. The van der Waals surface area contributed by atoms with E-state index < -0.39 is 41.3 Å². The van der Waals surface area contributed by atoms with E-state index in [0.717, 1.165) is 27.8 Å². The van der Waals surface area contributed by atoms with Crippen LogP contribution in [0, 0.1) is 0 Å². The normalized spacial score (nSPS) is 15.0. The number of thiophene rings is 1. The molecule has 0 saturated carbocycles. The summed E-state index contributed by atoms with van der Waals surface area (Å²) in [4.78, 5) is 42.7. The van der Waals surface area contributed by atoms with E-state index in [0.29, 0.717) is 33.2 Å². The van der Waals surface area contributed by atoms with E-state index >= 15 is 0 Å². The summed E-state index contributed by atoms with van der Waals surface area (Å²) in [7, 11) is 0. The summed E-state index contributed by atoms with van der Waals surface area (Å²) in [5.74, 6) is -1.93. The molecular weight excluding hydrogens is 685 g/mol. The molecule has 2 aromatic carbocycles. The summed E-state index contributed by atoms with van der Waals surface area (Å²) in [6, 6.07) is 7.70. The number of carbonyl (C=O) groups is 3. The number of carboxylic acids is 1. The van der Waals surface area contributed by atoms with Gasteiger partial charge in [-0.25, -0.2) is 4.98 Å². The van der Waals surface area contributed by atoms with E-state index in [2.05, 4.69) is 10.3 Å². The summed E-state index contributed by atoms with van der Waals surface area (Å²) in [6.45, 7) is -0.0539. The molecular formula is C28H17F6N3O4S4. The topological polar surface area (TPSA) is 99.6 Å². The van der Waals surface area contributed by atoms with Gasteiger partial charge >= 0.3 is 18.3 Å². The van der Waals surface area contributed by atoms with Gasteiger partial charge in [0, 0.05) is 17.8 Å². The molecule has 2 aromatic heterocycles. The highest BCUT2D eigenvalue weighted by atomic mass is 32.2. The van der Waals surface area contributed by atoms with Crippen LogP contribution in [0.25, 0.3) is 27.4 Å². The van der Waals surface area contributed by atoms with E-state index in [1.165, 1.54) is 33.8 Å². The smallest absolute Gasteiger partial charge is 0.416 e. The Balaban J connectivity index is 1.24. The quantitative estimate of drug-likeness (QED) is 0.109. The summed E-state index contributed by atoms with van der Waals surface area (Å²) in [5, 5.41) is 13.3. The number of fused-ring (bicyclic) bond motifs is 1. The summed E-state index contributed by atoms with van der Waals surface area (Å²) in [5.41, 5.74) is -1.94. The maximum atomic E-state index is 13.3. The monoisotopic (exact) mass is 701 g/mol. The zero-order valence-corrected chi connectivity index (χ0v) is 25.6. The molecule has 2 amide bonds. The molecule has 0 radical (unpaired) electrons. The second kappa shape index (κ2) is 12.5. The Labute approximate surface area is 267 Å². The Morgan fingerprint density at radius 2 is 1.69 bits per heavy atom. The molecule has 1 fully saturated rings. The van der Waals surface area contributed by atoms with Crippen molar-refractivity contribution >= 4 is 90.2 Å². The Morgan fingerprint density at radius 3 is 2.33 bits per heavy atom. The SMILES string of the molecule is O=C(O)Cc1ccc2sc(NC(=O)CCN3C(=O)/C(=C/c4cc(-c5cc(C(F)(F)F)cc(C(F)(F)F)c5)cs4)SC3=S)nc2c1. The number of thiazole rings is 1. The van der Waals surface area contributed by atoms with Gasteiger partial charge in [0.05, 0.1) is 32.7 Å². The van der Waals surface area contributed by atoms with Crippen LogP contribution in [0.3, 0.4) is 0 Å². The van der Waals surface area contributed by atoms with E-state index in [4.69, 9.17) is 17.3 Å². The van der Waals surface area contributed by atoms with Gasteiger partial charge in [-0.05, 0) is 64.5 Å². The van der Waals surface area contributed by atoms with Crippen molar-refractivity contribution in [1.29, 1.82) is 0 Å². The van der Waals surface area contributed by atoms with Gasteiger partial charge < -0.3 is 10.4 Å². The van der Waals surface area contributed by atoms with Gasteiger partial charge in [-0.1, -0.05) is 41.4 Å². The molecule has 4 aromatic rings. The predicted octanol–water partition coefficient (Wildman–Crippen LogP) is 7.92. The van der Waals surface area contributed by atoms with Crippen molar-refractivity contribution in [3.05, 3.63) is 74.3 Å². The maximum Gasteiger partial charge on any atom is 0.416 e. The van der Waals surface area contributed by atoms with Crippen LogP contribution in [-0.4, -0.2) is 43.6 Å². The number of aliphatic carboxylic acids is 1. The summed E-state index contributed by atoms with van der Waals surface area (Å²) in [6.07, 6.45) is -8.82. The number of thioether (sulfide) groups is 1. The number of alkyl halides is 6. The highest BCUT2D eigenvalue weighted by Crippen LogP contribution is 2.40. The van der Waals surface area contributed by atoms with Gasteiger partial charge in [0.2, 0.25) is 5.91 Å². The minimum absolute atomic E-state index is 0.0539. The highest BCUT2D eigenvalue weighted by Gasteiger charge is 2.37. The number of benzene rings is 2. The largest absolute Gasteiger partial charge is 0.481 e. The molecule has 234 valence electrons. The van der Waals surface area contributed by atoms with Crippen LogP contribution in [0.1, 0.15) is 28.0 Å². The fourth-order valence-corrected chi connectivity index (χ4v) is 7.31. The van der Waals surface area contributed by atoms with Gasteiger partial charge in [0.25, 0.3) is 5.91 Å². The van der Waals surface area contributed by atoms with Crippen LogP contribution < -0.4 is 5.32 Å². The van der Waals surface area contributed by atoms with E-state index in [9.17, 15) is 40.7 Å². The lowest BCUT2D eigenvalue weighted by atomic mass is 10.0. The molecule has 1 aliphatic rings. The lowest BCUT2D eigenvalue weighted by Gasteiger charge is -2.13. The number of carbonyl (C=O) groups excluding carboxylic acids is 2. The van der Waals surface area contributed by atoms with Gasteiger partial charge in [-0.3, -0.25) is 19.3 Å². The third kappa shape index (κ3) is 7.71. The fraction of sp³-hybridized carbons (Fsp3) is 0.179. The van der Waals surface area contributed by atoms with Crippen LogP contribution in [-0.2, 0) is 33.2 Å². The first-order valence-electron chi connectivity index (χ1n) is 12.6. The van der Waals surface area contributed by atoms with E-state index in [1.807, 2.05) is 0 Å². The molecule has 17 heteroatoms. The van der Waals surface area contributed by atoms with Crippen LogP contribution in [0.4, 0.5) is 31.5 Å². The maximum absolute atomic E-state index is 13.3. The first-order chi connectivity index (χ1) is 21.1. The average molecular weight is 702 g/mol. The number of hydrogen-bond acceptors (Lipinski definition) is 8. The molecule has 0 spiro atoms. The van der Waals surface area contributed by atoms with Crippen molar-refractivity contribution in [2.75, 3.05) is 11.9 Å². The molecule has 0 bridgehead atoms. The molecule has 0 unspecified atom stereocenters. The Morgan fingerprint density at radius 1 is 1.00 bits per heavy atom. The number of amides is 2. The minimum atomic E-state index is -4.98. The van der Waals surface area contributed by atoms with Gasteiger partial charge in [-0.2, -0.15) is 26.3 Å². The van der Waals surface area contributed by atoms with Crippen molar-refractivity contribution < 1.29 is 45.8 Å². The Kier molecular flexibility index (Phi) is 9.08. The van der Waals surface area contributed by atoms with Gasteiger partial charge in [0.1, 0.15) is 4.32 Å². The number of anilines is 1.